The Morgan fingerprint density at radius 2 is 1.90 bits per heavy atom. The number of nitrogens with one attached hydrogen (secondary N) is 1. The maximum atomic E-state index is 13.3. The van der Waals surface area contributed by atoms with Crippen molar-refractivity contribution >= 4 is 0 Å². The Bertz CT molecular complexity index is 550. The molecule has 0 fully saturated rings. The van der Waals surface area contributed by atoms with Crippen LogP contribution in [0.4, 0.5) is 13.2 Å². The predicted molar refractivity (Wildman–Crippen MR) is 70.7 cm³/mol. The van der Waals surface area contributed by atoms with E-state index in [-0.39, 0.29) is 6.04 Å². The van der Waals surface area contributed by atoms with Gasteiger partial charge in [0.1, 0.15) is 0 Å². The van der Waals surface area contributed by atoms with Crippen molar-refractivity contribution in [3.05, 3.63) is 65.2 Å². The van der Waals surface area contributed by atoms with Gasteiger partial charge in [0, 0.05) is 18.4 Å². The van der Waals surface area contributed by atoms with Crippen molar-refractivity contribution in [3.8, 4) is 0 Å². The van der Waals surface area contributed by atoms with Gasteiger partial charge in [-0.2, -0.15) is 0 Å². The second-order valence-corrected chi connectivity index (χ2v) is 4.47. The molecule has 0 aliphatic carbocycles. The molecular weight excluding hydrogens is 265 g/mol. The van der Waals surface area contributed by atoms with Crippen LogP contribution in [0.15, 0.2) is 36.7 Å². The fraction of sp³-hybridized carbons (Fsp3) is 0.267. The molecule has 2 nitrogen and oxygen atoms in total. The monoisotopic (exact) mass is 280 g/mol. The molecule has 0 amide bonds. The second kappa shape index (κ2) is 6.52. The molecule has 0 spiro atoms. The molecule has 1 unspecified atom stereocenters. The highest BCUT2D eigenvalue weighted by Gasteiger charge is 2.17. The Kier molecular flexibility index (Phi) is 4.74. The zero-order chi connectivity index (χ0) is 14.5. The number of hydrogen-bond donors (Lipinski definition) is 1. The fourth-order valence-electron chi connectivity index (χ4n) is 2.09. The summed E-state index contributed by atoms with van der Waals surface area (Å²) in [5.41, 5.74) is 1.32. The van der Waals surface area contributed by atoms with E-state index in [2.05, 4.69) is 10.3 Å². The Morgan fingerprint density at radius 3 is 2.45 bits per heavy atom. The Hall–Kier alpha value is -1.88. The molecule has 2 aromatic rings. The molecule has 0 radical (unpaired) electrons. The van der Waals surface area contributed by atoms with Gasteiger partial charge in [0.15, 0.2) is 17.5 Å². The molecule has 1 heterocycles. The lowest BCUT2D eigenvalue weighted by atomic mass is 9.99. The molecule has 1 N–H and O–H groups in total. The van der Waals surface area contributed by atoms with Crippen LogP contribution in [0.2, 0.25) is 0 Å². The van der Waals surface area contributed by atoms with Gasteiger partial charge in [-0.25, -0.2) is 13.2 Å². The SMILES string of the molecule is CCNC(Cc1cccnc1)c1cc(F)c(F)c(F)c1. The molecule has 1 atom stereocenters. The van der Waals surface area contributed by atoms with Crippen molar-refractivity contribution in [1.29, 1.82) is 0 Å². The highest BCUT2D eigenvalue weighted by molar-refractivity contribution is 5.25. The summed E-state index contributed by atoms with van der Waals surface area (Å²) >= 11 is 0. The lowest BCUT2D eigenvalue weighted by Gasteiger charge is -2.18. The van der Waals surface area contributed by atoms with E-state index in [1.165, 1.54) is 0 Å². The largest absolute Gasteiger partial charge is 0.310 e. The van der Waals surface area contributed by atoms with Crippen LogP contribution in [0.1, 0.15) is 24.1 Å². The van der Waals surface area contributed by atoms with Crippen molar-refractivity contribution in [2.24, 2.45) is 0 Å². The first kappa shape index (κ1) is 14.5. The van der Waals surface area contributed by atoms with E-state index in [9.17, 15) is 13.2 Å². The molecule has 106 valence electrons. The maximum absolute atomic E-state index is 13.3. The average Bonchev–Trinajstić information content (AvgIpc) is 2.45. The van der Waals surface area contributed by atoms with Gasteiger partial charge in [0.25, 0.3) is 0 Å². The first-order chi connectivity index (χ1) is 9.61. The molecule has 1 aromatic carbocycles. The second-order valence-electron chi connectivity index (χ2n) is 4.47. The first-order valence-corrected chi connectivity index (χ1v) is 6.38. The molecule has 0 saturated heterocycles. The Balaban J connectivity index is 2.29. The first-order valence-electron chi connectivity index (χ1n) is 6.38. The predicted octanol–water partition coefficient (Wildman–Crippen LogP) is 3.39. The summed E-state index contributed by atoms with van der Waals surface area (Å²) in [6.45, 7) is 2.53. The van der Waals surface area contributed by atoms with Gasteiger partial charge < -0.3 is 5.32 Å². The number of rotatable bonds is 5. The summed E-state index contributed by atoms with van der Waals surface area (Å²) in [6, 6.07) is 5.44. The zero-order valence-electron chi connectivity index (χ0n) is 11.0. The minimum absolute atomic E-state index is 0.297. The Labute approximate surface area is 115 Å². The van der Waals surface area contributed by atoms with E-state index in [1.807, 2.05) is 13.0 Å². The third-order valence-corrected chi connectivity index (χ3v) is 3.02. The van der Waals surface area contributed by atoms with E-state index in [1.54, 1.807) is 18.5 Å². The topological polar surface area (TPSA) is 24.9 Å². The summed E-state index contributed by atoms with van der Waals surface area (Å²) in [7, 11) is 0. The van der Waals surface area contributed by atoms with E-state index >= 15 is 0 Å². The molecule has 20 heavy (non-hydrogen) atoms. The number of benzene rings is 1. The maximum Gasteiger partial charge on any atom is 0.194 e. The van der Waals surface area contributed by atoms with Crippen LogP contribution in [0.25, 0.3) is 0 Å². The number of nitrogens with zero attached hydrogens (tertiary/aromatic N) is 1. The standard InChI is InChI=1S/C15H15F3N2/c1-2-20-14(6-10-4-3-5-19-9-10)11-7-12(16)15(18)13(17)8-11/h3-5,7-9,14,20H,2,6H2,1H3. The van der Waals surface area contributed by atoms with Gasteiger partial charge in [-0.15, -0.1) is 0 Å². The average molecular weight is 280 g/mol. The number of halogens is 3. The zero-order valence-corrected chi connectivity index (χ0v) is 11.0. The third kappa shape index (κ3) is 3.36. The molecule has 2 rings (SSSR count). The molecule has 0 aliphatic heterocycles. The highest BCUT2D eigenvalue weighted by atomic mass is 19.2. The molecular formula is C15H15F3N2. The van der Waals surface area contributed by atoms with Crippen LogP contribution in [0.3, 0.4) is 0 Å². The van der Waals surface area contributed by atoms with Crippen LogP contribution in [-0.2, 0) is 6.42 Å². The molecule has 5 heteroatoms. The van der Waals surface area contributed by atoms with Gasteiger partial charge in [-0.1, -0.05) is 13.0 Å². The minimum atomic E-state index is -1.44. The summed E-state index contributed by atoms with van der Waals surface area (Å²) in [5.74, 6) is -3.78. The van der Waals surface area contributed by atoms with E-state index < -0.39 is 17.5 Å². The van der Waals surface area contributed by atoms with Crippen LogP contribution >= 0.6 is 0 Å². The van der Waals surface area contributed by atoms with E-state index in [0.717, 1.165) is 17.7 Å². The number of aromatic nitrogens is 1. The van der Waals surface area contributed by atoms with Crippen LogP contribution < -0.4 is 5.32 Å². The molecule has 0 aliphatic rings. The van der Waals surface area contributed by atoms with Gasteiger partial charge >= 0.3 is 0 Å². The minimum Gasteiger partial charge on any atom is -0.310 e. The smallest absolute Gasteiger partial charge is 0.194 e. The highest BCUT2D eigenvalue weighted by Crippen LogP contribution is 2.22. The lowest BCUT2D eigenvalue weighted by molar-refractivity contribution is 0.439. The number of pyridine rings is 1. The summed E-state index contributed by atoms with van der Waals surface area (Å²) in [4.78, 5) is 4.00. The fourth-order valence-corrected chi connectivity index (χ4v) is 2.09. The summed E-state index contributed by atoms with van der Waals surface area (Å²) in [5, 5.41) is 3.14. The van der Waals surface area contributed by atoms with E-state index in [4.69, 9.17) is 0 Å². The van der Waals surface area contributed by atoms with Crippen molar-refractivity contribution in [1.82, 2.24) is 10.3 Å². The molecule has 0 saturated carbocycles. The third-order valence-electron chi connectivity index (χ3n) is 3.02. The van der Waals surface area contributed by atoms with Gasteiger partial charge in [0.2, 0.25) is 0 Å². The van der Waals surface area contributed by atoms with Crippen LogP contribution in [0, 0.1) is 17.5 Å². The van der Waals surface area contributed by atoms with E-state index in [0.29, 0.717) is 18.5 Å². The van der Waals surface area contributed by atoms with Crippen LogP contribution in [-0.4, -0.2) is 11.5 Å². The normalized spacial score (nSPS) is 12.4. The Morgan fingerprint density at radius 1 is 1.20 bits per heavy atom. The summed E-state index contributed by atoms with van der Waals surface area (Å²) in [6.07, 6.45) is 3.87. The van der Waals surface area contributed by atoms with Gasteiger partial charge in [0.05, 0.1) is 0 Å². The van der Waals surface area contributed by atoms with Crippen molar-refractivity contribution in [2.45, 2.75) is 19.4 Å². The van der Waals surface area contributed by atoms with Crippen LogP contribution in [0.5, 0.6) is 0 Å². The van der Waals surface area contributed by atoms with Gasteiger partial charge in [-0.05, 0) is 42.3 Å². The lowest BCUT2D eigenvalue weighted by Crippen LogP contribution is -2.23. The quantitative estimate of drug-likeness (QED) is 0.849. The number of hydrogen-bond acceptors (Lipinski definition) is 2. The van der Waals surface area contributed by atoms with Crippen molar-refractivity contribution in [2.75, 3.05) is 6.54 Å². The molecule has 0 bridgehead atoms. The summed E-state index contributed by atoms with van der Waals surface area (Å²) < 4.78 is 39.7. The van der Waals surface area contributed by atoms with Crippen molar-refractivity contribution < 1.29 is 13.2 Å². The van der Waals surface area contributed by atoms with Gasteiger partial charge in [-0.3, -0.25) is 4.98 Å². The van der Waals surface area contributed by atoms with Crippen molar-refractivity contribution in [3.63, 3.8) is 0 Å². The molecule has 1 aromatic heterocycles. The number of likely N-dealkylation sites (N-methyl/N-ethyl adjacent to an activating group) is 1.